The molecule has 13 heteroatoms. The number of hydrogen-bond acceptors (Lipinski definition) is 10. The molecule has 0 radical (unpaired) electrons. The van der Waals surface area contributed by atoms with Crippen molar-refractivity contribution in [2.45, 2.75) is 57.8 Å². The Morgan fingerprint density at radius 1 is 0.475 bits per heavy atom. The zero-order chi connectivity index (χ0) is 29.8. The normalized spacial score (nSPS) is 11.5. The first kappa shape index (κ1) is 38.1. The second-order valence-electron chi connectivity index (χ2n) is 10.1. The third-order valence-corrected chi connectivity index (χ3v) is 6.61. The summed E-state index contributed by atoms with van der Waals surface area (Å²) in [6.45, 7) is 10.2. The van der Waals surface area contributed by atoms with E-state index in [1.807, 2.05) is 0 Å². The minimum absolute atomic E-state index is 0.00918. The number of nitrogens with two attached hydrogens (primary N) is 4. The van der Waals surface area contributed by atoms with Crippen LogP contribution in [0.1, 0.15) is 57.8 Å². The van der Waals surface area contributed by atoms with Crippen LogP contribution in [0.3, 0.4) is 0 Å². The summed E-state index contributed by atoms with van der Waals surface area (Å²) in [5, 5.41) is 15.0. The average Bonchev–Trinajstić information content (AvgIpc) is 2.94. The maximum Gasteiger partial charge on any atom is 0.304 e. The van der Waals surface area contributed by atoms with E-state index in [9.17, 15) is 14.4 Å². The molecule has 0 saturated heterocycles. The van der Waals surface area contributed by atoms with Crippen molar-refractivity contribution in [1.82, 2.24) is 25.3 Å². The lowest BCUT2D eigenvalue weighted by Gasteiger charge is -2.23. The molecule has 0 spiro atoms. The van der Waals surface area contributed by atoms with E-state index in [4.69, 9.17) is 28.0 Å². The van der Waals surface area contributed by atoms with E-state index in [0.29, 0.717) is 84.8 Å². The molecule has 2 amide bonds. The molecule has 0 rings (SSSR count). The van der Waals surface area contributed by atoms with Gasteiger partial charge in [-0.3, -0.25) is 14.4 Å². The third-order valence-electron chi connectivity index (χ3n) is 6.61. The lowest BCUT2D eigenvalue weighted by Crippen LogP contribution is -2.36. The fourth-order valence-corrected chi connectivity index (χ4v) is 4.28. The molecule has 40 heavy (non-hydrogen) atoms. The number of carbonyl (C=O) groups is 3. The van der Waals surface area contributed by atoms with Crippen molar-refractivity contribution in [3.63, 3.8) is 0 Å². The van der Waals surface area contributed by atoms with E-state index in [1.54, 1.807) is 0 Å². The van der Waals surface area contributed by atoms with Gasteiger partial charge in [-0.1, -0.05) is 0 Å². The summed E-state index contributed by atoms with van der Waals surface area (Å²) >= 11 is 0. The van der Waals surface area contributed by atoms with E-state index in [-0.39, 0.29) is 18.2 Å². The highest BCUT2D eigenvalue weighted by molar-refractivity contribution is 5.76. The lowest BCUT2D eigenvalue weighted by molar-refractivity contribution is -0.137. The Kier molecular flexibility index (Phi) is 26.0. The lowest BCUT2D eigenvalue weighted by atomic mass is 10.2. The Balaban J connectivity index is 4.31. The minimum Gasteiger partial charge on any atom is -0.481 e. The van der Waals surface area contributed by atoms with Crippen LogP contribution < -0.4 is 33.6 Å². The second-order valence-corrected chi connectivity index (χ2v) is 10.1. The quantitative estimate of drug-likeness (QED) is 0.0515. The first-order chi connectivity index (χ1) is 19.4. The first-order valence-corrected chi connectivity index (χ1v) is 15.1. The van der Waals surface area contributed by atoms with Gasteiger partial charge in [-0.05, 0) is 104 Å². The fourth-order valence-electron chi connectivity index (χ4n) is 4.28. The van der Waals surface area contributed by atoms with Gasteiger partial charge >= 0.3 is 5.97 Å². The maximum absolute atomic E-state index is 12.3. The molecule has 0 aromatic carbocycles. The van der Waals surface area contributed by atoms with Gasteiger partial charge in [-0.15, -0.1) is 0 Å². The number of rotatable bonds is 29. The summed E-state index contributed by atoms with van der Waals surface area (Å²) in [6, 6.07) is 0. The van der Waals surface area contributed by atoms with Crippen molar-refractivity contribution in [3.8, 4) is 0 Å². The van der Waals surface area contributed by atoms with Crippen molar-refractivity contribution < 1.29 is 19.5 Å². The van der Waals surface area contributed by atoms with Gasteiger partial charge in [-0.2, -0.15) is 0 Å². The summed E-state index contributed by atoms with van der Waals surface area (Å²) in [7, 11) is 0. The van der Waals surface area contributed by atoms with E-state index in [2.05, 4.69) is 25.3 Å². The first-order valence-electron chi connectivity index (χ1n) is 15.1. The predicted octanol–water partition coefficient (Wildman–Crippen LogP) is -1.44. The van der Waals surface area contributed by atoms with Gasteiger partial charge in [0.2, 0.25) is 11.8 Å². The van der Waals surface area contributed by atoms with Crippen molar-refractivity contribution in [2.75, 3.05) is 98.2 Å². The number of nitrogens with zero attached hydrogens (tertiary/aromatic N) is 3. The smallest absolute Gasteiger partial charge is 0.304 e. The zero-order valence-electron chi connectivity index (χ0n) is 24.8. The van der Waals surface area contributed by atoms with Crippen LogP contribution in [0.15, 0.2) is 0 Å². The molecule has 0 heterocycles. The number of carboxylic acids is 1. The fraction of sp³-hybridized carbons (Fsp3) is 0.889. The number of carboxylic acid groups (broad SMARTS) is 1. The minimum atomic E-state index is -0.839. The van der Waals surface area contributed by atoms with Crippen LogP contribution >= 0.6 is 0 Å². The molecule has 0 atom stereocenters. The molecule has 0 fully saturated rings. The Morgan fingerprint density at radius 3 is 1.07 bits per heavy atom. The van der Waals surface area contributed by atoms with Crippen molar-refractivity contribution >= 4 is 17.8 Å². The highest BCUT2D eigenvalue weighted by atomic mass is 16.4. The average molecular weight is 574 g/mol. The molecule has 11 N–H and O–H groups in total. The van der Waals surface area contributed by atoms with Gasteiger partial charge < -0.3 is 53.4 Å². The Morgan fingerprint density at radius 2 is 0.775 bits per heavy atom. The van der Waals surface area contributed by atoms with Gasteiger partial charge in [0.05, 0.1) is 6.42 Å². The van der Waals surface area contributed by atoms with Crippen LogP contribution in [0.25, 0.3) is 0 Å². The number of aliphatic carboxylic acids is 1. The summed E-state index contributed by atoms with van der Waals surface area (Å²) < 4.78 is 0. The third kappa shape index (κ3) is 24.0. The molecule has 0 aromatic heterocycles. The molecule has 0 aliphatic heterocycles. The van der Waals surface area contributed by atoms with E-state index in [1.165, 1.54) is 0 Å². The van der Waals surface area contributed by atoms with Crippen molar-refractivity contribution in [1.29, 1.82) is 0 Å². The summed E-state index contributed by atoms with van der Waals surface area (Å²) in [5.74, 6) is -0.820. The maximum atomic E-state index is 12.3. The predicted molar refractivity (Wildman–Crippen MR) is 161 cm³/mol. The van der Waals surface area contributed by atoms with Gasteiger partial charge in [0, 0.05) is 45.6 Å². The molecule has 0 aromatic rings. The molecule has 0 bridgehead atoms. The SMILES string of the molecule is NCCCN(CCCN)CCC(=O)NCCCN(CCCNC(=O)CCN(CCCN)CCCN)CCC(=O)O. The van der Waals surface area contributed by atoms with Crippen LogP contribution in [0, 0.1) is 0 Å². The topological polar surface area (TPSA) is 209 Å². The molecule has 0 aliphatic rings. The van der Waals surface area contributed by atoms with Crippen LogP contribution in [0.5, 0.6) is 0 Å². The number of hydrogen-bond donors (Lipinski definition) is 7. The van der Waals surface area contributed by atoms with E-state index in [0.717, 1.165) is 64.7 Å². The zero-order valence-corrected chi connectivity index (χ0v) is 24.8. The molecule has 236 valence electrons. The molecule has 0 unspecified atom stereocenters. The van der Waals surface area contributed by atoms with E-state index < -0.39 is 5.97 Å². The number of amides is 2. The number of nitrogens with one attached hydrogen (secondary N) is 2. The molecular weight excluding hydrogens is 514 g/mol. The standard InChI is InChI=1S/C27H59N9O4/c28-10-1-16-34(17-2-11-29)22-7-25(37)32-14-5-20-36(24-9-27(39)40)21-6-15-33-26(38)8-23-35(18-3-12-30)19-4-13-31/h1-24,28-31H2,(H,32,37)(H,33,38)(H,39,40). The highest BCUT2D eigenvalue weighted by Crippen LogP contribution is 2.00. The van der Waals surface area contributed by atoms with Crippen LogP contribution in [0.2, 0.25) is 0 Å². The molecule has 0 aliphatic carbocycles. The molecule has 0 saturated carbocycles. The van der Waals surface area contributed by atoms with E-state index >= 15 is 0 Å². The summed E-state index contributed by atoms with van der Waals surface area (Å²) in [6.07, 6.45) is 5.94. The van der Waals surface area contributed by atoms with Crippen molar-refractivity contribution in [3.05, 3.63) is 0 Å². The summed E-state index contributed by atoms with van der Waals surface area (Å²) in [4.78, 5) is 42.2. The Bertz CT molecular complexity index is 583. The molecular formula is C27H59N9O4. The highest BCUT2D eigenvalue weighted by Gasteiger charge is 2.11. The van der Waals surface area contributed by atoms with Gasteiger partial charge in [-0.25, -0.2) is 0 Å². The van der Waals surface area contributed by atoms with Crippen molar-refractivity contribution in [2.24, 2.45) is 22.9 Å². The summed E-state index contributed by atoms with van der Waals surface area (Å²) in [5.41, 5.74) is 22.4. The monoisotopic (exact) mass is 573 g/mol. The number of carbonyl (C=O) groups excluding carboxylic acids is 2. The largest absolute Gasteiger partial charge is 0.481 e. The van der Waals surface area contributed by atoms with Gasteiger partial charge in [0.1, 0.15) is 0 Å². The van der Waals surface area contributed by atoms with Crippen LogP contribution in [0.4, 0.5) is 0 Å². The second kappa shape index (κ2) is 27.3. The van der Waals surface area contributed by atoms with Gasteiger partial charge in [0.25, 0.3) is 0 Å². The molecule has 13 nitrogen and oxygen atoms in total. The Hall–Kier alpha value is -1.87. The van der Waals surface area contributed by atoms with Gasteiger partial charge in [0.15, 0.2) is 0 Å². The Labute approximate surface area is 241 Å². The van der Waals surface area contributed by atoms with Crippen LogP contribution in [-0.4, -0.2) is 136 Å². The van der Waals surface area contributed by atoms with Crippen LogP contribution in [-0.2, 0) is 14.4 Å².